The molecule has 8 aromatic rings. The topological polar surface area (TPSA) is 297 Å². The first kappa shape index (κ1) is 69.7. The Morgan fingerprint density at radius 2 is 0.883 bits per heavy atom. The van der Waals surface area contributed by atoms with Crippen LogP contribution in [0.2, 0.25) is 0 Å². The molecule has 4 aliphatic carbocycles. The summed E-state index contributed by atoms with van der Waals surface area (Å²) in [7, 11) is 3.15. The van der Waals surface area contributed by atoms with Gasteiger partial charge in [-0.15, -0.1) is 0 Å². The molecule has 0 amide bonds. The number of hydrogen-bond acceptors (Lipinski definition) is 17. The summed E-state index contributed by atoms with van der Waals surface area (Å²) in [5.74, 6) is 3.11. The van der Waals surface area contributed by atoms with Crippen LogP contribution in [0, 0.1) is 113 Å². The van der Waals surface area contributed by atoms with Crippen LogP contribution in [0.3, 0.4) is 0 Å². The number of aryl methyl sites for hydroxylation is 4. The second kappa shape index (κ2) is 29.3. The third-order valence-electron chi connectivity index (χ3n) is 17.6. The van der Waals surface area contributed by atoms with Gasteiger partial charge in [0.2, 0.25) is 11.6 Å². The van der Waals surface area contributed by atoms with E-state index in [1.807, 2.05) is 52.0 Å². The number of aromatic nitrogens is 2. The molecular formula is C78H58CoN12O12. The maximum atomic E-state index is 12.8. The van der Waals surface area contributed by atoms with Gasteiger partial charge in [0, 0.05) is 17.0 Å². The van der Waals surface area contributed by atoms with Gasteiger partial charge < -0.3 is 47.9 Å². The van der Waals surface area contributed by atoms with Crippen LogP contribution in [0.4, 0.5) is 22.7 Å². The number of ether oxygens (including phenoxy) is 8. The number of hydrogen-bond donors (Lipinski definition) is 0. The molecule has 4 fully saturated rings. The summed E-state index contributed by atoms with van der Waals surface area (Å²) in [6.45, 7) is 30.2. The van der Waals surface area contributed by atoms with Gasteiger partial charge in [0.25, 0.3) is 5.69 Å². The van der Waals surface area contributed by atoms with Crippen LogP contribution in [0.1, 0.15) is 119 Å². The zero-order valence-corrected chi connectivity index (χ0v) is 57.2. The Balaban J connectivity index is 0.000000192. The van der Waals surface area contributed by atoms with Crippen LogP contribution >= 0.6 is 0 Å². The molecular weight excluding hydrogens is 1360 g/mol. The van der Waals surface area contributed by atoms with E-state index in [1.54, 1.807) is 111 Å². The molecule has 0 spiro atoms. The summed E-state index contributed by atoms with van der Waals surface area (Å²) in [4.78, 5) is 54.6. The molecule has 0 atom stereocenters. The van der Waals surface area contributed by atoms with Crippen molar-refractivity contribution in [2.45, 2.75) is 90.9 Å². The minimum Gasteiger partial charge on any atom is -0.635 e. The average Bonchev–Trinajstić information content (AvgIpc) is 1.59. The van der Waals surface area contributed by atoms with Crippen molar-refractivity contribution < 1.29 is 64.5 Å². The fourth-order valence-corrected chi connectivity index (χ4v) is 12.2. The van der Waals surface area contributed by atoms with Crippen LogP contribution in [0.25, 0.3) is 26.1 Å². The second-order valence-electron chi connectivity index (χ2n) is 24.9. The Kier molecular flexibility index (Phi) is 19.9. The Hall–Kier alpha value is -13.2. The minimum absolute atomic E-state index is 0. The summed E-state index contributed by atoms with van der Waals surface area (Å²) >= 11 is 0. The van der Waals surface area contributed by atoms with E-state index in [9.17, 15) is 36.0 Å². The van der Waals surface area contributed by atoms with E-state index < -0.39 is 9.85 Å². The summed E-state index contributed by atoms with van der Waals surface area (Å²) < 4.78 is 49.1. The van der Waals surface area contributed by atoms with Crippen LogP contribution in [-0.2, 0) is 16.8 Å². The van der Waals surface area contributed by atoms with E-state index in [2.05, 4.69) is 32.7 Å². The van der Waals surface area contributed by atoms with E-state index in [4.69, 9.17) is 77.6 Å². The quantitative estimate of drug-likeness (QED) is 0.0296. The number of rotatable bonds is 20. The van der Waals surface area contributed by atoms with Gasteiger partial charge in [-0.05, 0) is 228 Å². The summed E-state index contributed by atoms with van der Waals surface area (Å²) in [5.41, 5.74) is 7.53. The zero-order valence-electron chi connectivity index (χ0n) is 56.1. The molecule has 0 N–H and O–H groups in total. The van der Waals surface area contributed by atoms with Crippen LogP contribution < -0.4 is 47.9 Å². The molecule has 0 bridgehead atoms. The predicted octanol–water partition coefficient (Wildman–Crippen LogP) is 17.8. The maximum absolute atomic E-state index is 12.8. The molecule has 103 heavy (non-hydrogen) atoms. The van der Waals surface area contributed by atoms with Crippen molar-refractivity contribution in [3.05, 3.63) is 266 Å². The third-order valence-corrected chi connectivity index (χ3v) is 17.6. The van der Waals surface area contributed by atoms with E-state index >= 15 is 0 Å². The van der Waals surface area contributed by atoms with Crippen molar-refractivity contribution >= 4 is 46.1 Å². The number of allylic oxidation sites excluding steroid dienone is 2. The summed E-state index contributed by atoms with van der Waals surface area (Å²) in [5, 5.41) is 54.6. The molecule has 6 aromatic carbocycles. The van der Waals surface area contributed by atoms with Gasteiger partial charge in [-0.2, -0.15) is 15.8 Å². The smallest absolute Gasteiger partial charge is 0.635 e. The van der Waals surface area contributed by atoms with E-state index in [1.165, 1.54) is 0 Å². The Bertz CT molecular complexity index is 5230. The molecule has 2 aliphatic heterocycles. The molecule has 0 unspecified atom stereocenters. The van der Waals surface area contributed by atoms with Crippen molar-refractivity contribution in [1.29, 1.82) is 15.8 Å². The molecule has 14 rings (SSSR count). The Morgan fingerprint density at radius 1 is 0.495 bits per heavy atom. The van der Waals surface area contributed by atoms with Crippen molar-refractivity contribution in [3.8, 4) is 76.0 Å². The van der Waals surface area contributed by atoms with Gasteiger partial charge in [0.1, 0.15) is 86.4 Å². The first-order chi connectivity index (χ1) is 49.4. The van der Waals surface area contributed by atoms with E-state index in [0.717, 1.165) is 47.9 Å². The molecule has 24 nitrogen and oxygen atoms in total. The van der Waals surface area contributed by atoms with E-state index in [0.29, 0.717) is 116 Å². The van der Waals surface area contributed by atoms with Gasteiger partial charge in [0.05, 0.1) is 72.6 Å². The largest absolute Gasteiger partial charge is 2.00 e. The Labute approximate surface area is 601 Å². The predicted molar refractivity (Wildman–Crippen MR) is 373 cm³/mol. The van der Waals surface area contributed by atoms with Gasteiger partial charge in [-0.1, -0.05) is 35.7 Å². The normalized spacial score (nSPS) is 15.9. The standard InChI is InChI=1S/2C39H29N6O6.Co/c1-21-18-29(48-5)19-22(2)36(21)51-37(32-30(24-8-9-24)34(42-4)38(43-32)49-28-16-12-26(41-3)13-17-28)33-31(25-10-11-25)35(45(46)47)39(44-33)50-27-14-6-23(20-40)7-15-27;1-21-17-29(48-4)18-22(2)36(21)51-37(33-31(24-7-8-24)30(20-41)38(43-33)49-27-13-5-23(19-40)6-14-27)34-32(25-9-10-25)35(45(46)47)39(44-34)50-28-15-11-26(42-3)12-16-28;/h6-7,12-19,24-25H,8-11H2,1-2,5H3;5-6,11-18,24-25H,7-10H2,1-2,4H3;/q2*-1;+2/b2*37-33+;. The zero-order chi connectivity index (χ0) is 71.6. The van der Waals surface area contributed by atoms with Crippen LogP contribution in [0.5, 0.6) is 57.8 Å². The molecule has 4 saturated carbocycles. The van der Waals surface area contributed by atoms with Crippen molar-refractivity contribution in [3.63, 3.8) is 0 Å². The number of benzene rings is 6. The van der Waals surface area contributed by atoms with Gasteiger partial charge >= 0.3 is 28.4 Å². The minimum atomic E-state index is -0.491. The molecule has 2 aromatic heterocycles. The first-order valence-electron chi connectivity index (χ1n) is 32.4. The van der Waals surface area contributed by atoms with Gasteiger partial charge in [-0.25, -0.2) is 24.5 Å². The molecule has 6 aliphatic rings. The molecule has 25 heteroatoms. The van der Waals surface area contributed by atoms with Crippen LogP contribution in [-0.4, -0.2) is 35.9 Å². The van der Waals surface area contributed by atoms with Crippen molar-refractivity contribution in [2.24, 2.45) is 21.8 Å². The van der Waals surface area contributed by atoms with Gasteiger partial charge in [0.15, 0.2) is 11.4 Å². The summed E-state index contributed by atoms with van der Waals surface area (Å²) in [6, 6.07) is 39.1. The summed E-state index contributed by atoms with van der Waals surface area (Å²) in [6.07, 6.45) is 6.04. The second-order valence-corrected chi connectivity index (χ2v) is 24.9. The Morgan fingerprint density at radius 3 is 1.29 bits per heavy atom. The monoisotopic (exact) mass is 1410 g/mol. The SMILES string of the molecule is [C-]#[N+]c1ccc(Oc2[n-]c(/C(Oc3c(C)cc(OC)cc3C)=C3\N=C(Oc4ccc(C#N)cc4)C(C#N)=C3C3CC3)c(C3CC3)c2[N+](=O)[O-])cc1.[C-]#[N+]c1ccc(Oc2[n-]c(/C(Oc3c(C)cc(OC)cc3C)=C3\N=C(Oc4ccc(C#N)cc4)C([N+](=O)[O-])=C3C3CC3)c(C3CC3)c2[N+]#[C-])cc1.[Co+2]. The van der Waals surface area contributed by atoms with Crippen molar-refractivity contribution in [1.82, 2.24) is 9.97 Å². The maximum Gasteiger partial charge on any atom is 2.00 e. The molecule has 4 heterocycles. The van der Waals surface area contributed by atoms with E-state index in [-0.39, 0.29) is 121 Å². The number of methoxy groups -OCH3 is 2. The molecule has 1 radical (unpaired) electrons. The molecule has 0 saturated heterocycles. The fraction of sp³-hybridized carbons (Fsp3) is 0.231. The first-order valence-corrected chi connectivity index (χ1v) is 32.4. The number of aliphatic imine (C=N–C) groups is 2. The number of nitrogens with zero attached hydrogens (tertiary/aromatic N) is 12. The van der Waals surface area contributed by atoms with Gasteiger partial charge in [-0.3, -0.25) is 20.2 Å². The fourth-order valence-electron chi connectivity index (χ4n) is 12.2. The average molecular weight is 1410 g/mol. The van der Waals surface area contributed by atoms with Crippen molar-refractivity contribution in [2.75, 3.05) is 14.2 Å². The number of nitriles is 3. The van der Waals surface area contributed by atoms with Crippen LogP contribution in [0.15, 0.2) is 165 Å². The third kappa shape index (κ3) is 14.5. The number of nitro groups is 2. The molecule has 511 valence electrons.